The van der Waals surface area contributed by atoms with Crippen molar-refractivity contribution in [2.24, 2.45) is 0 Å². The van der Waals surface area contributed by atoms with Crippen molar-refractivity contribution >= 4 is 17.3 Å². The van der Waals surface area contributed by atoms with Crippen LogP contribution in [0.15, 0.2) is 72.9 Å². The zero-order valence-corrected chi connectivity index (χ0v) is 14.4. The molecule has 2 N–H and O–H groups in total. The van der Waals surface area contributed by atoms with Crippen LogP contribution >= 0.6 is 0 Å². The average molecular weight is 331 g/mol. The molecule has 1 atom stereocenters. The number of hydrogen-bond donors (Lipinski definition) is 2. The number of rotatable bonds is 5. The van der Waals surface area contributed by atoms with Gasteiger partial charge in [0.15, 0.2) is 0 Å². The first-order valence-corrected chi connectivity index (χ1v) is 8.28. The molecule has 1 aromatic heterocycles. The third-order valence-corrected chi connectivity index (χ3v) is 4.06. The van der Waals surface area contributed by atoms with Gasteiger partial charge in [-0.2, -0.15) is 0 Å². The van der Waals surface area contributed by atoms with Gasteiger partial charge in [0, 0.05) is 17.6 Å². The van der Waals surface area contributed by atoms with Crippen molar-refractivity contribution in [1.29, 1.82) is 0 Å². The average Bonchev–Trinajstić information content (AvgIpc) is 2.64. The minimum Gasteiger partial charge on any atom is -0.355 e. The normalized spacial score (nSPS) is 11.6. The lowest BCUT2D eigenvalue weighted by molar-refractivity contribution is 0.0935. The molecule has 1 heterocycles. The second-order valence-electron chi connectivity index (χ2n) is 5.98. The van der Waals surface area contributed by atoms with Gasteiger partial charge in [0.05, 0.1) is 6.04 Å². The Balaban J connectivity index is 1.72. The van der Waals surface area contributed by atoms with Crippen LogP contribution in [0, 0.1) is 6.92 Å². The quantitative estimate of drug-likeness (QED) is 0.717. The van der Waals surface area contributed by atoms with Crippen LogP contribution in [-0.2, 0) is 0 Å². The number of aromatic nitrogens is 1. The highest BCUT2D eigenvalue weighted by Crippen LogP contribution is 2.20. The molecule has 4 heteroatoms. The van der Waals surface area contributed by atoms with E-state index in [2.05, 4.69) is 15.6 Å². The second kappa shape index (κ2) is 7.62. The van der Waals surface area contributed by atoms with Crippen LogP contribution < -0.4 is 10.6 Å². The van der Waals surface area contributed by atoms with Crippen molar-refractivity contribution in [3.63, 3.8) is 0 Å². The van der Waals surface area contributed by atoms with Gasteiger partial charge in [0.25, 0.3) is 5.91 Å². The zero-order chi connectivity index (χ0) is 17.6. The fourth-order valence-corrected chi connectivity index (χ4v) is 2.60. The minimum atomic E-state index is -0.190. The van der Waals surface area contributed by atoms with Crippen LogP contribution in [0.4, 0.5) is 11.4 Å². The van der Waals surface area contributed by atoms with E-state index >= 15 is 0 Å². The van der Waals surface area contributed by atoms with Crippen LogP contribution in [0.5, 0.6) is 0 Å². The van der Waals surface area contributed by atoms with Crippen molar-refractivity contribution in [2.75, 3.05) is 5.32 Å². The molecule has 0 saturated carbocycles. The Morgan fingerprint density at radius 1 is 1.00 bits per heavy atom. The van der Waals surface area contributed by atoms with Crippen LogP contribution in [0.3, 0.4) is 0 Å². The summed E-state index contributed by atoms with van der Waals surface area (Å²) < 4.78 is 0. The van der Waals surface area contributed by atoms with Crippen molar-refractivity contribution in [1.82, 2.24) is 10.3 Å². The van der Waals surface area contributed by atoms with Gasteiger partial charge in [-0.05, 0) is 43.2 Å². The molecule has 0 aliphatic carbocycles. The summed E-state index contributed by atoms with van der Waals surface area (Å²) in [6.45, 7) is 4.00. The first-order valence-electron chi connectivity index (χ1n) is 8.28. The Morgan fingerprint density at radius 2 is 1.72 bits per heavy atom. The topological polar surface area (TPSA) is 54.0 Å². The lowest BCUT2D eigenvalue weighted by Gasteiger charge is -2.14. The van der Waals surface area contributed by atoms with Gasteiger partial charge in [-0.25, -0.2) is 0 Å². The summed E-state index contributed by atoms with van der Waals surface area (Å²) in [7, 11) is 0. The summed E-state index contributed by atoms with van der Waals surface area (Å²) in [5, 5.41) is 6.32. The van der Waals surface area contributed by atoms with Gasteiger partial charge >= 0.3 is 0 Å². The molecule has 3 rings (SSSR count). The van der Waals surface area contributed by atoms with Crippen molar-refractivity contribution in [3.05, 3.63) is 89.7 Å². The van der Waals surface area contributed by atoms with E-state index in [1.165, 1.54) is 0 Å². The number of amides is 1. The summed E-state index contributed by atoms with van der Waals surface area (Å²) in [4.78, 5) is 16.7. The molecular formula is C21H21N3O. The number of pyridine rings is 1. The lowest BCUT2D eigenvalue weighted by atomic mass is 10.1. The molecule has 1 amide bonds. The maximum absolute atomic E-state index is 12.5. The molecule has 0 aliphatic heterocycles. The Kier molecular flexibility index (Phi) is 5.09. The third kappa shape index (κ3) is 4.23. The third-order valence-electron chi connectivity index (χ3n) is 4.06. The smallest absolute Gasteiger partial charge is 0.270 e. The zero-order valence-electron chi connectivity index (χ0n) is 14.4. The molecule has 0 aliphatic rings. The number of carbonyl (C=O) groups excluding carboxylic acids is 1. The summed E-state index contributed by atoms with van der Waals surface area (Å²) >= 11 is 0. The Labute approximate surface area is 147 Å². The van der Waals surface area contributed by atoms with Gasteiger partial charge in [-0.3, -0.25) is 9.78 Å². The number of nitrogens with zero attached hydrogens (tertiary/aromatic N) is 1. The van der Waals surface area contributed by atoms with E-state index in [4.69, 9.17) is 0 Å². The van der Waals surface area contributed by atoms with Crippen LogP contribution in [0.2, 0.25) is 0 Å². The highest BCUT2D eigenvalue weighted by atomic mass is 16.1. The highest BCUT2D eigenvalue weighted by Gasteiger charge is 2.13. The SMILES string of the molecule is Cc1ccccc1Nc1ccnc(C(=O)NC(C)c2ccccc2)c1. The van der Waals surface area contributed by atoms with E-state index in [0.717, 1.165) is 22.5 Å². The Morgan fingerprint density at radius 3 is 2.48 bits per heavy atom. The van der Waals surface area contributed by atoms with Gasteiger partial charge < -0.3 is 10.6 Å². The molecule has 1 unspecified atom stereocenters. The fourth-order valence-electron chi connectivity index (χ4n) is 2.60. The van der Waals surface area contributed by atoms with Crippen molar-refractivity contribution in [2.45, 2.75) is 19.9 Å². The molecule has 0 spiro atoms. The molecule has 0 saturated heterocycles. The summed E-state index contributed by atoms with van der Waals surface area (Å²) in [5.41, 5.74) is 4.44. The number of nitrogens with one attached hydrogen (secondary N) is 2. The fraction of sp³-hybridized carbons (Fsp3) is 0.143. The lowest BCUT2D eigenvalue weighted by Crippen LogP contribution is -2.27. The summed E-state index contributed by atoms with van der Waals surface area (Å²) in [6.07, 6.45) is 1.64. The van der Waals surface area contributed by atoms with E-state index in [-0.39, 0.29) is 11.9 Å². The number of para-hydroxylation sites is 1. The predicted molar refractivity (Wildman–Crippen MR) is 101 cm³/mol. The number of carbonyl (C=O) groups is 1. The molecule has 4 nitrogen and oxygen atoms in total. The highest BCUT2D eigenvalue weighted by molar-refractivity contribution is 5.93. The number of hydrogen-bond acceptors (Lipinski definition) is 3. The number of anilines is 2. The van der Waals surface area contributed by atoms with Crippen molar-refractivity contribution < 1.29 is 4.79 Å². The molecule has 25 heavy (non-hydrogen) atoms. The Hall–Kier alpha value is -3.14. The van der Waals surface area contributed by atoms with E-state index in [0.29, 0.717) is 5.69 Å². The van der Waals surface area contributed by atoms with Crippen molar-refractivity contribution in [3.8, 4) is 0 Å². The monoisotopic (exact) mass is 331 g/mol. The number of benzene rings is 2. The predicted octanol–water partition coefficient (Wildman–Crippen LogP) is 4.62. The van der Waals surface area contributed by atoms with Gasteiger partial charge in [0.1, 0.15) is 5.69 Å². The summed E-state index contributed by atoms with van der Waals surface area (Å²) in [6, 6.07) is 21.4. The Bertz CT molecular complexity index is 862. The van der Waals surface area contributed by atoms with E-state index in [9.17, 15) is 4.79 Å². The first-order chi connectivity index (χ1) is 12.1. The van der Waals surface area contributed by atoms with Crippen LogP contribution in [0.25, 0.3) is 0 Å². The molecule has 3 aromatic rings. The molecule has 126 valence electrons. The largest absolute Gasteiger partial charge is 0.355 e. The van der Waals surface area contributed by atoms with E-state index in [1.807, 2.05) is 74.5 Å². The van der Waals surface area contributed by atoms with Crippen LogP contribution in [0.1, 0.15) is 34.6 Å². The van der Waals surface area contributed by atoms with E-state index in [1.54, 1.807) is 12.3 Å². The molecule has 0 bridgehead atoms. The van der Waals surface area contributed by atoms with Crippen LogP contribution in [-0.4, -0.2) is 10.9 Å². The van der Waals surface area contributed by atoms with Gasteiger partial charge in [0.2, 0.25) is 0 Å². The number of aryl methyl sites for hydroxylation is 1. The van der Waals surface area contributed by atoms with Gasteiger partial charge in [-0.15, -0.1) is 0 Å². The molecule has 0 fully saturated rings. The standard InChI is InChI=1S/C21H21N3O/c1-15-8-6-7-11-19(15)24-18-12-13-22-20(14-18)21(25)23-16(2)17-9-4-3-5-10-17/h3-14,16H,1-2H3,(H,22,24)(H,23,25). The minimum absolute atomic E-state index is 0.0801. The molecule has 0 radical (unpaired) electrons. The molecule has 2 aromatic carbocycles. The maximum Gasteiger partial charge on any atom is 0.270 e. The van der Waals surface area contributed by atoms with Gasteiger partial charge in [-0.1, -0.05) is 48.5 Å². The summed E-state index contributed by atoms with van der Waals surface area (Å²) in [5.74, 6) is -0.190. The maximum atomic E-state index is 12.5. The first kappa shape index (κ1) is 16.7. The molecular weight excluding hydrogens is 310 g/mol. The van der Waals surface area contributed by atoms with E-state index < -0.39 is 0 Å². The second-order valence-corrected chi connectivity index (χ2v) is 5.98.